The number of rotatable bonds is 5. The van der Waals surface area contributed by atoms with Gasteiger partial charge < -0.3 is 0 Å². The summed E-state index contributed by atoms with van der Waals surface area (Å²) in [4.78, 5) is 18.2. The van der Waals surface area contributed by atoms with Crippen molar-refractivity contribution in [2.24, 2.45) is 17.3 Å². The van der Waals surface area contributed by atoms with Gasteiger partial charge in [0, 0.05) is 5.75 Å². The van der Waals surface area contributed by atoms with E-state index >= 15 is 0 Å². The highest BCUT2D eigenvalue weighted by molar-refractivity contribution is 7.98. The van der Waals surface area contributed by atoms with E-state index in [9.17, 15) is 4.79 Å². The molecule has 0 amide bonds. The molecule has 1 aromatic heterocycles. The van der Waals surface area contributed by atoms with E-state index in [1.165, 1.54) is 5.56 Å². The molecule has 3 aromatic rings. The van der Waals surface area contributed by atoms with Gasteiger partial charge in [-0.05, 0) is 35.1 Å². The molecule has 0 aliphatic heterocycles. The van der Waals surface area contributed by atoms with E-state index in [4.69, 9.17) is 28.2 Å². The predicted octanol–water partition coefficient (Wildman–Crippen LogP) is 6.56. The Morgan fingerprint density at radius 2 is 1.82 bits per heavy atom. The summed E-state index contributed by atoms with van der Waals surface area (Å²) in [6, 6.07) is 18.0. The zero-order valence-corrected chi connectivity index (χ0v) is 17.9. The molecular weight excluding hydrogens is 411 g/mol. The first-order valence-corrected chi connectivity index (χ1v) is 10.8. The monoisotopic (exact) mass is 430 g/mol. The highest BCUT2D eigenvalue weighted by atomic mass is 35.5. The third-order valence-corrected chi connectivity index (χ3v) is 6.71. The number of halogens is 2. The van der Waals surface area contributed by atoms with Crippen molar-refractivity contribution in [1.82, 2.24) is 9.55 Å². The van der Waals surface area contributed by atoms with Gasteiger partial charge in [-0.15, -0.1) is 0 Å². The van der Waals surface area contributed by atoms with Crippen LogP contribution in [0.3, 0.4) is 0 Å². The van der Waals surface area contributed by atoms with Crippen LogP contribution in [0.25, 0.3) is 11.0 Å². The number of hydrogen-bond acceptors (Lipinski definition) is 3. The molecule has 144 valence electrons. The standard InChI is InChI=1S/C22H20Cl2N2OS/c1-22(2)15(12-18(23)24)19(22)20(27)26-17-11-7-6-10-16(17)25-21(26)28-13-14-8-4-3-5-9-14/h3-12,15,19H,13H2,1-2H3. The molecule has 4 rings (SSSR count). The van der Waals surface area contributed by atoms with Crippen molar-refractivity contribution in [3.8, 4) is 0 Å². The second-order valence-electron chi connectivity index (χ2n) is 7.61. The zero-order valence-electron chi connectivity index (χ0n) is 15.6. The highest BCUT2D eigenvalue weighted by Gasteiger charge is 2.61. The largest absolute Gasteiger partial charge is 0.274 e. The summed E-state index contributed by atoms with van der Waals surface area (Å²) in [6.07, 6.45) is 1.78. The van der Waals surface area contributed by atoms with Crippen LogP contribution in [-0.4, -0.2) is 15.5 Å². The van der Waals surface area contributed by atoms with E-state index in [0.717, 1.165) is 21.9 Å². The Balaban J connectivity index is 1.69. The van der Waals surface area contributed by atoms with Crippen LogP contribution in [-0.2, 0) is 5.75 Å². The minimum atomic E-state index is -0.182. The fourth-order valence-electron chi connectivity index (χ4n) is 3.77. The summed E-state index contributed by atoms with van der Waals surface area (Å²) < 4.78 is 1.98. The van der Waals surface area contributed by atoms with E-state index in [1.807, 2.05) is 42.5 Å². The molecule has 0 N–H and O–H groups in total. The summed E-state index contributed by atoms with van der Waals surface area (Å²) in [7, 11) is 0. The molecule has 3 nitrogen and oxygen atoms in total. The van der Waals surface area contributed by atoms with Gasteiger partial charge in [-0.3, -0.25) is 9.36 Å². The molecule has 0 bridgehead atoms. The Morgan fingerprint density at radius 3 is 2.54 bits per heavy atom. The number of carbonyl (C=O) groups excluding carboxylic acids is 1. The maximum absolute atomic E-state index is 13.5. The molecule has 0 radical (unpaired) electrons. The molecule has 28 heavy (non-hydrogen) atoms. The van der Waals surface area contributed by atoms with Crippen molar-refractivity contribution >= 4 is 51.9 Å². The molecule has 2 unspecified atom stereocenters. The first-order chi connectivity index (χ1) is 13.4. The van der Waals surface area contributed by atoms with Crippen molar-refractivity contribution in [3.63, 3.8) is 0 Å². The van der Waals surface area contributed by atoms with E-state index in [2.05, 4.69) is 26.0 Å². The number of hydrogen-bond donors (Lipinski definition) is 0. The number of benzene rings is 2. The molecule has 0 spiro atoms. The Labute approximate surface area is 178 Å². The second kappa shape index (κ2) is 7.58. The summed E-state index contributed by atoms with van der Waals surface area (Å²) >= 11 is 13.3. The lowest BCUT2D eigenvalue weighted by atomic mass is 10.1. The van der Waals surface area contributed by atoms with Gasteiger partial charge in [0.05, 0.1) is 17.0 Å². The zero-order chi connectivity index (χ0) is 19.9. The lowest BCUT2D eigenvalue weighted by Crippen LogP contribution is -2.17. The average molecular weight is 431 g/mol. The third-order valence-electron chi connectivity index (χ3n) is 5.44. The van der Waals surface area contributed by atoms with Gasteiger partial charge >= 0.3 is 0 Å². The Hall–Kier alpha value is -1.75. The van der Waals surface area contributed by atoms with Gasteiger partial charge in [0.15, 0.2) is 5.16 Å². The number of nitrogens with zero attached hydrogens (tertiary/aromatic N) is 2. The summed E-state index contributed by atoms with van der Waals surface area (Å²) in [6.45, 7) is 4.15. The number of carbonyl (C=O) groups is 1. The molecule has 2 aromatic carbocycles. The molecule has 1 saturated carbocycles. The molecule has 1 fully saturated rings. The fraction of sp³-hybridized carbons (Fsp3) is 0.273. The van der Waals surface area contributed by atoms with Crippen LogP contribution in [0.2, 0.25) is 0 Å². The van der Waals surface area contributed by atoms with Crippen LogP contribution in [0, 0.1) is 17.3 Å². The highest BCUT2D eigenvalue weighted by Crippen LogP contribution is 2.60. The summed E-state index contributed by atoms with van der Waals surface area (Å²) in [5, 5.41) is 0.720. The van der Waals surface area contributed by atoms with E-state index in [1.54, 1.807) is 22.4 Å². The maximum Gasteiger partial charge on any atom is 0.237 e. The minimum absolute atomic E-state index is 0.0261. The van der Waals surface area contributed by atoms with Crippen LogP contribution in [0.4, 0.5) is 0 Å². The number of fused-ring (bicyclic) bond motifs is 1. The van der Waals surface area contributed by atoms with Crippen LogP contribution in [0.1, 0.15) is 24.2 Å². The number of imidazole rings is 1. The van der Waals surface area contributed by atoms with Crippen molar-refractivity contribution in [1.29, 1.82) is 0 Å². The normalized spacial score (nSPS) is 20.1. The first kappa shape index (κ1) is 19.6. The van der Waals surface area contributed by atoms with Crippen molar-refractivity contribution in [2.75, 3.05) is 0 Å². The topological polar surface area (TPSA) is 34.9 Å². The van der Waals surface area contributed by atoms with E-state index in [0.29, 0.717) is 0 Å². The minimum Gasteiger partial charge on any atom is -0.274 e. The molecule has 1 aliphatic carbocycles. The van der Waals surface area contributed by atoms with E-state index in [-0.39, 0.29) is 27.6 Å². The SMILES string of the molecule is CC1(C)C(C=C(Cl)Cl)C1C(=O)n1c(SCc2ccccc2)nc2ccccc21. The van der Waals surface area contributed by atoms with Crippen LogP contribution in [0.5, 0.6) is 0 Å². The van der Waals surface area contributed by atoms with Crippen LogP contribution < -0.4 is 0 Å². The average Bonchev–Trinajstić information content (AvgIpc) is 3.03. The molecule has 1 aliphatic rings. The number of para-hydroxylation sites is 2. The second-order valence-corrected chi connectivity index (χ2v) is 9.56. The maximum atomic E-state index is 13.5. The first-order valence-electron chi connectivity index (χ1n) is 9.11. The number of thioether (sulfide) groups is 1. The van der Waals surface area contributed by atoms with E-state index < -0.39 is 0 Å². The fourth-order valence-corrected chi connectivity index (χ4v) is 5.01. The van der Waals surface area contributed by atoms with Crippen LogP contribution >= 0.6 is 35.0 Å². The van der Waals surface area contributed by atoms with Gasteiger partial charge in [0.2, 0.25) is 5.91 Å². The Bertz CT molecular complexity index is 1050. The van der Waals surface area contributed by atoms with Crippen molar-refractivity contribution in [3.05, 3.63) is 70.7 Å². The smallest absolute Gasteiger partial charge is 0.237 e. The molecular formula is C22H20Cl2N2OS. The van der Waals surface area contributed by atoms with Gasteiger partial charge in [-0.2, -0.15) is 0 Å². The van der Waals surface area contributed by atoms with Gasteiger partial charge in [-0.25, -0.2) is 4.98 Å². The molecule has 1 heterocycles. The Morgan fingerprint density at radius 1 is 1.14 bits per heavy atom. The molecule has 2 atom stereocenters. The lowest BCUT2D eigenvalue weighted by molar-refractivity contribution is 0.0862. The molecule has 0 saturated heterocycles. The molecule has 6 heteroatoms. The third kappa shape index (κ3) is 3.61. The van der Waals surface area contributed by atoms with Crippen molar-refractivity contribution in [2.45, 2.75) is 24.8 Å². The van der Waals surface area contributed by atoms with Gasteiger partial charge in [-0.1, -0.05) is 91.3 Å². The predicted molar refractivity (Wildman–Crippen MR) is 117 cm³/mol. The summed E-state index contributed by atoms with van der Waals surface area (Å²) in [5.41, 5.74) is 2.68. The Kier molecular flexibility index (Phi) is 5.30. The quantitative estimate of drug-likeness (QED) is 0.429. The number of allylic oxidation sites excluding steroid dienone is 1. The van der Waals surface area contributed by atoms with Gasteiger partial charge in [0.1, 0.15) is 4.49 Å². The van der Waals surface area contributed by atoms with Crippen LogP contribution in [0.15, 0.2) is 70.3 Å². The lowest BCUT2D eigenvalue weighted by Gasteiger charge is -2.09. The van der Waals surface area contributed by atoms with Gasteiger partial charge in [0.25, 0.3) is 0 Å². The number of aromatic nitrogens is 2. The van der Waals surface area contributed by atoms with Crippen molar-refractivity contribution < 1.29 is 4.79 Å². The summed E-state index contributed by atoms with van der Waals surface area (Å²) in [5.74, 6) is 0.652.